The zero-order chi connectivity index (χ0) is 10.8. The van der Waals surface area contributed by atoms with Gasteiger partial charge in [-0.2, -0.15) is 0 Å². The second-order valence-electron chi connectivity index (χ2n) is 3.31. The molecule has 3 aromatic heterocycles. The predicted molar refractivity (Wildman–Crippen MR) is 86.9 cm³/mol. The highest BCUT2D eigenvalue weighted by Crippen LogP contribution is 2.37. The largest absolute Gasteiger partial charge is 0.156 e. The van der Waals surface area contributed by atoms with Gasteiger partial charge in [0.2, 0.25) is 0 Å². The molecule has 0 aromatic carbocycles. The van der Waals surface area contributed by atoms with E-state index in [1.807, 2.05) is 34.0 Å². The Kier molecular flexibility index (Phi) is 4.52. The third kappa shape index (κ3) is 2.69. The van der Waals surface area contributed by atoms with E-state index in [1.165, 1.54) is 13.9 Å². The van der Waals surface area contributed by atoms with E-state index in [9.17, 15) is 0 Å². The number of thiophene rings is 3. The molecule has 0 aliphatic rings. The fourth-order valence-electron chi connectivity index (χ4n) is 1.63. The van der Waals surface area contributed by atoms with Gasteiger partial charge >= 0.3 is 0 Å². The fraction of sp³-hybridized carbons (Fsp3) is 0.0769. The summed E-state index contributed by atoms with van der Waals surface area (Å²) in [4.78, 5) is 0. The van der Waals surface area contributed by atoms with Gasteiger partial charge in [0, 0.05) is 0 Å². The SMILES string of the molecule is C.c1csc([PH+](c2cccs2)c2cccs2)c1. The summed E-state index contributed by atoms with van der Waals surface area (Å²) in [6.45, 7) is 0. The minimum Gasteiger partial charge on any atom is -0.107 e. The van der Waals surface area contributed by atoms with Crippen LogP contribution in [-0.4, -0.2) is 0 Å². The van der Waals surface area contributed by atoms with Crippen LogP contribution in [0.2, 0.25) is 0 Å². The van der Waals surface area contributed by atoms with Crippen molar-refractivity contribution in [2.45, 2.75) is 7.43 Å². The molecule has 0 nitrogen and oxygen atoms in total. The average molecular weight is 297 g/mol. The molecule has 3 rings (SSSR count). The lowest BCUT2D eigenvalue weighted by Crippen LogP contribution is -2.13. The smallest absolute Gasteiger partial charge is 0.107 e. The number of hydrogen-bond acceptors (Lipinski definition) is 3. The first-order chi connectivity index (χ1) is 7.95. The number of hydrogen-bond donors (Lipinski definition) is 0. The molecular weight excluding hydrogens is 283 g/mol. The van der Waals surface area contributed by atoms with E-state index in [0.717, 1.165) is 0 Å². The van der Waals surface area contributed by atoms with Crippen LogP contribution in [0.25, 0.3) is 0 Å². The fourth-order valence-corrected chi connectivity index (χ4v) is 9.11. The lowest BCUT2D eigenvalue weighted by Gasteiger charge is -2.02. The molecule has 0 saturated carbocycles. The van der Waals surface area contributed by atoms with Crippen LogP contribution in [0.15, 0.2) is 52.5 Å². The molecule has 0 spiro atoms. The van der Waals surface area contributed by atoms with Gasteiger partial charge in [0.25, 0.3) is 0 Å². The molecule has 0 radical (unpaired) electrons. The molecule has 0 fully saturated rings. The molecule has 0 saturated heterocycles. The molecular formula is C13H14PS3+. The highest BCUT2D eigenvalue weighted by molar-refractivity contribution is 7.90. The van der Waals surface area contributed by atoms with Crippen molar-refractivity contribution in [1.29, 1.82) is 0 Å². The molecule has 0 unspecified atom stereocenters. The van der Waals surface area contributed by atoms with Crippen LogP contribution in [0.3, 0.4) is 0 Å². The van der Waals surface area contributed by atoms with Crippen LogP contribution in [0, 0.1) is 0 Å². The molecule has 0 amide bonds. The van der Waals surface area contributed by atoms with Crippen LogP contribution in [0.1, 0.15) is 7.43 Å². The Morgan fingerprint density at radius 2 is 1.00 bits per heavy atom. The Morgan fingerprint density at radius 1 is 0.647 bits per heavy atom. The van der Waals surface area contributed by atoms with Crippen molar-refractivity contribution in [2.75, 3.05) is 0 Å². The van der Waals surface area contributed by atoms with Gasteiger partial charge in [0.1, 0.15) is 7.92 Å². The molecule has 88 valence electrons. The summed E-state index contributed by atoms with van der Waals surface area (Å²) in [5.41, 5.74) is 0. The molecule has 0 aliphatic heterocycles. The monoisotopic (exact) mass is 297 g/mol. The van der Waals surface area contributed by atoms with E-state index in [0.29, 0.717) is 0 Å². The van der Waals surface area contributed by atoms with Crippen molar-refractivity contribution in [3.05, 3.63) is 52.5 Å². The molecule has 3 aromatic rings. The quantitative estimate of drug-likeness (QED) is 0.641. The second kappa shape index (κ2) is 5.92. The van der Waals surface area contributed by atoms with Crippen LogP contribution >= 0.6 is 41.9 Å². The predicted octanol–water partition coefficient (Wildman–Crippen LogP) is 4.00. The van der Waals surface area contributed by atoms with E-state index in [1.54, 1.807) is 0 Å². The summed E-state index contributed by atoms with van der Waals surface area (Å²) in [7, 11) is -0.693. The van der Waals surface area contributed by atoms with Crippen molar-refractivity contribution in [3.8, 4) is 0 Å². The third-order valence-electron chi connectivity index (χ3n) is 2.30. The van der Waals surface area contributed by atoms with Crippen LogP contribution in [0.4, 0.5) is 0 Å². The summed E-state index contributed by atoms with van der Waals surface area (Å²) >= 11 is 5.66. The van der Waals surface area contributed by atoms with E-state index in [-0.39, 0.29) is 7.43 Å². The minimum atomic E-state index is -0.693. The Hall–Kier alpha value is -0.470. The van der Waals surface area contributed by atoms with E-state index < -0.39 is 7.92 Å². The summed E-state index contributed by atoms with van der Waals surface area (Å²) in [6.07, 6.45) is 0. The minimum absolute atomic E-state index is 0. The standard InChI is InChI=1S/C12H9PS3.CH4/c1-4-10(14-7-1)13(11-5-2-8-15-11)12-6-3-9-16-12;/h1-9H;1H4/p+1. The Bertz CT molecular complexity index is 442. The van der Waals surface area contributed by atoms with Crippen molar-refractivity contribution in [3.63, 3.8) is 0 Å². The van der Waals surface area contributed by atoms with Gasteiger partial charge in [-0.3, -0.25) is 0 Å². The molecule has 17 heavy (non-hydrogen) atoms. The van der Waals surface area contributed by atoms with Gasteiger partial charge in [0.05, 0.1) is 0 Å². The van der Waals surface area contributed by atoms with Crippen molar-refractivity contribution in [1.82, 2.24) is 0 Å². The van der Waals surface area contributed by atoms with E-state index >= 15 is 0 Å². The van der Waals surface area contributed by atoms with E-state index in [2.05, 4.69) is 52.5 Å². The second-order valence-corrected chi connectivity index (χ2v) is 9.60. The van der Waals surface area contributed by atoms with Crippen LogP contribution in [0.5, 0.6) is 0 Å². The highest BCUT2D eigenvalue weighted by Gasteiger charge is 2.28. The number of rotatable bonds is 3. The van der Waals surface area contributed by atoms with Crippen molar-refractivity contribution < 1.29 is 0 Å². The lowest BCUT2D eigenvalue weighted by atomic mass is 10.7. The average Bonchev–Trinajstić information content (AvgIpc) is 3.02. The third-order valence-corrected chi connectivity index (χ3v) is 9.23. The first-order valence-electron chi connectivity index (χ1n) is 4.94. The summed E-state index contributed by atoms with van der Waals surface area (Å²) < 4.78 is 4.61. The summed E-state index contributed by atoms with van der Waals surface area (Å²) in [6, 6.07) is 13.3. The van der Waals surface area contributed by atoms with E-state index in [4.69, 9.17) is 0 Å². The van der Waals surface area contributed by atoms with Gasteiger partial charge in [-0.05, 0) is 52.5 Å². The molecule has 0 bridgehead atoms. The topological polar surface area (TPSA) is 0 Å². The van der Waals surface area contributed by atoms with Gasteiger partial charge in [-0.25, -0.2) is 0 Å². The summed E-state index contributed by atoms with van der Waals surface area (Å²) in [5, 5.41) is 6.55. The van der Waals surface area contributed by atoms with Crippen molar-refractivity contribution >= 4 is 55.8 Å². The zero-order valence-electron chi connectivity index (χ0n) is 8.42. The first-order valence-corrected chi connectivity index (χ1v) is 9.07. The Balaban J connectivity index is 0.00000108. The van der Waals surface area contributed by atoms with Gasteiger partial charge in [0.15, 0.2) is 13.9 Å². The normalized spacial score (nSPS) is 10.4. The zero-order valence-corrected chi connectivity index (χ0v) is 11.9. The molecule has 0 atom stereocenters. The van der Waals surface area contributed by atoms with Gasteiger partial charge < -0.3 is 0 Å². The van der Waals surface area contributed by atoms with Gasteiger partial charge in [-0.1, -0.05) is 7.43 Å². The Labute approximate surface area is 115 Å². The van der Waals surface area contributed by atoms with Crippen LogP contribution in [-0.2, 0) is 0 Å². The Morgan fingerprint density at radius 3 is 1.24 bits per heavy atom. The van der Waals surface area contributed by atoms with Gasteiger partial charge in [-0.15, -0.1) is 34.0 Å². The first kappa shape index (κ1) is 13.0. The maximum Gasteiger partial charge on any atom is 0.156 e. The molecule has 4 heteroatoms. The van der Waals surface area contributed by atoms with Crippen molar-refractivity contribution in [2.24, 2.45) is 0 Å². The molecule has 0 aliphatic carbocycles. The highest BCUT2D eigenvalue weighted by atomic mass is 32.1. The molecule has 3 heterocycles. The summed E-state index contributed by atoms with van der Waals surface area (Å²) in [5.74, 6) is 0. The van der Waals surface area contributed by atoms with Crippen LogP contribution < -0.4 is 13.9 Å². The maximum absolute atomic E-state index is 2.28. The maximum atomic E-state index is 2.28. The molecule has 0 N–H and O–H groups in total. The lowest BCUT2D eigenvalue weighted by molar-refractivity contribution is 2.04.